The molecule has 0 heterocycles. The number of carbonyl (C=O) groups excluding carboxylic acids is 2. The third-order valence-electron chi connectivity index (χ3n) is 2.27. The van der Waals surface area contributed by atoms with Crippen LogP contribution in [-0.2, 0) is 19.1 Å². The molecule has 104 valence electrons. The Hall–Kier alpha value is -1.32. The van der Waals surface area contributed by atoms with Crippen molar-refractivity contribution in [2.24, 2.45) is 11.8 Å². The van der Waals surface area contributed by atoms with Crippen molar-refractivity contribution in [3.63, 3.8) is 0 Å². The van der Waals surface area contributed by atoms with Crippen molar-refractivity contribution in [1.82, 2.24) is 0 Å². The van der Waals surface area contributed by atoms with Gasteiger partial charge in [-0.25, -0.2) is 9.59 Å². The van der Waals surface area contributed by atoms with Crippen molar-refractivity contribution in [1.29, 1.82) is 0 Å². The smallest absolute Gasteiger partial charge is 0.334 e. The zero-order valence-electron chi connectivity index (χ0n) is 12.2. The zero-order chi connectivity index (χ0) is 14.3. The fraction of sp³-hybridized carbons (Fsp3) is 0.714. The molecule has 0 atom stereocenters. The molecule has 0 N–H and O–H groups in total. The van der Waals surface area contributed by atoms with E-state index >= 15 is 0 Å². The first-order chi connectivity index (χ1) is 8.25. The molecule has 0 aromatic carbocycles. The Morgan fingerprint density at radius 1 is 0.778 bits per heavy atom. The van der Waals surface area contributed by atoms with Crippen molar-refractivity contribution in [2.45, 2.75) is 41.5 Å². The Balaban J connectivity index is 4.49. The molecule has 0 aromatic heterocycles. The van der Waals surface area contributed by atoms with Crippen LogP contribution in [0.4, 0.5) is 0 Å². The fourth-order valence-electron chi connectivity index (χ4n) is 1.01. The van der Waals surface area contributed by atoms with Gasteiger partial charge in [0.05, 0.1) is 13.2 Å². The second-order valence-electron chi connectivity index (χ2n) is 5.23. The summed E-state index contributed by atoms with van der Waals surface area (Å²) < 4.78 is 10.1. The second-order valence-corrected chi connectivity index (χ2v) is 5.23. The predicted octanol–water partition coefficient (Wildman–Crippen LogP) is 2.72. The molecule has 0 unspecified atom stereocenters. The lowest BCUT2D eigenvalue weighted by atomic mass is 10.1. The summed E-state index contributed by atoms with van der Waals surface area (Å²) in [6.07, 6.45) is 0. The molecule has 18 heavy (non-hydrogen) atoms. The van der Waals surface area contributed by atoms with E-state index in [1.807, 2.05) is 27.7 Å². The SMILES string of the molecule is C/C(C(=O)OCC(C)C)=C(\C)C(=O)OCC(C)C. The summed E-state index contributed by atoms with van der Waals surface area (Å²) in [7, 11) is 0. The largest absolute Gasteiger partial charge is 0.462 e. The van der Waals surface area contributed by atoms with E-state index in [-0.39, 0.29) is 11.8 Å². The van der Waals surface area contributed by atoms with Crippen LogP contribution < -0.4 is 0 Å². The summed E-state index contributed by atoms with van der Waals surface area (Å²) in [4.78, 5) is 23.3. The number of rotatable bonds is 6. The molecule has 0 saturated carbocycles. The molecule has 0 aliphatic carbocycles. The van der Waals surface area contributed by atoms with E-state index in [4.69, 9.17) is 9.47 Å². The van der Waals surface area contributed by atoms with E-state index in [1.165, 1.54) is 0 Å². The summed E-state index contributed by atoms with van der Waals surface area (Å²) >= 11 is 0. The Morgan fingerprint density at radius 3 is 1.28 bits per heavy atom. The highest BCUT2D eigenvalue weighted by Crippen LogP contribution is 2.09. The minimum Gasteiger partial charge on any atom is -0.462 e. The Morgan fingerprint density at radius 2 is 1.06 bits per heavy atom. The van der Waals surface area contributed by atoms with Crippen LogP contribution in [0.1, 0.15) is 41.5 Å². The molecule has 0 saturated heterocycles. The molecule has 0 aromatic rings. The van der Waals surface area contributed by atoms with Gasteiger partial charge in [-0.2, -0.15) is 0 Å². The maximum atomic E-state index is 11.6. The first-order valence-electron chi connectivity index (χ1n) is 6.27. The molecule has 4 nitrogen and oxygen atoms in total. The van der Waals surface area contributed by atoms with Crippen LogP contribution in [0.25, 0.3) is 0 Å². The number of hydrogen-bond donors (Lipinski definition) is 0. The van der Waals surface area contributed by atoms with Gasteiger partial charge in [0.25, 0.3) is 0 Å². The third kappa shape index (κ3) is 6.42. The van der Waals surface area contributed by atoms with Crippen molar-refractivity contribution >= 4 is 11.9 Å². The number of esters is 2. The summed E-state index contributed by atoms with van der Waals surface area (Å²) in [5.74, 6) is -0.365. The van der Waals surface area contributed by atoms with Crippen LogP contribution in [0.2, 0.25) is 0 Å². The Bertz CT molecular complexity index is 295. The van der Waals surface area contributed by atoms with E-state index in [0.29, 0.717) is 24.4 Å². The Kier molecular flexibility index (Phi) is 7.32. The van der Waals surface area contributed by atoms with Crippen molar-refractivity contribution < 1.29 is 19.1 Å². The lowest BCUT2D eigenvalue weighted by Crippen LogP contribution is -2.17. The van der Waals surface area contributed by atoms with Crippen LogP contribution in [0.3, 0.4) is 0 Å². The highest BCUT2D eigenvalue weighted by molar-refractivity contribution is 5.99. The molecule has 0 rings (SSSR count). The predicted molar refractivity (Wildman–Crippen MR) is 70.0 cm³/mol. The van der Waals surface area contributed by atoms with E-state index < -0.39 is 11.9 Å². The highest BCUT2D eigenvalue weighted by Gasteiger charge is 2.16. The van der Waals surface area contributed by atoms with E-state index in [2.05, 4.69) is 0 Å². The number of carbonyl (C=O) groups is 2. The number of ether oxygens (including phenoxy) is 2. The van der Waals surface area contributed by atoms with Crippen LogP contribution in [-0.4, -0.2) is 25.2 Å². The summed E-state index contributed by atoms with van der Waals surface area (Å²) in [6, 6.07) is 0. The lowest BCUT2D eigenvalue weighted by molar-refractivity contribution is -0.143. The van der Waals surface area contributed by atoms with Crippen LogP contribution >= 0.6 is 0 Å². The van der Waals surface area contributed by atoms with Crippen molar-refractivity contribution in [3.8, 4) is 0 Å². The minimum absolute atomic E-state index is 0.273. The van der Waals surface area contributed by atoms with Gasteiger partial charge in [0, 0.05) is 11.1 Å². The van der Waals surface area contributed by atoms with Gasteiger partial charge < -0.3 is 9.47 Å². The number of hydrogen-bond acceptors (Lipinski definition) is 4. The van der Waals surface area contributed by atoms with Gasteiger partial charge in [0.1, 0.15) is 0 Å². The molecule has 4 heteroatoms. The average molecular weight is 256 g/mol. The average Bonchev–Trinajstić information content (AvgIpc) is 2.30. The molecular weight excluding hydrogens is 232 g/mol. The molecule has 0 spiro atoms. The van der Waals surface area contributed by atoms with Crippen LogP contribution in [0.15, 0.2) is 11.1 Å². The quantitative estimate of drug-likeness (QED) is 0.541. The first-order valence-corrected chi connectivity index (χ1v) is 6.27. The maximum absolute atomic E-state index is 11.6. The van der Waals surface area contributed by atoms with E-state index in [1.54, 1.807) is 13.8 Å². The minimum atomic E-state index is -0.456. The van der Waals surface area contributed by atoms with Crippen LogP contribution in [0, 0.1) is 11.8 Å². The lowest BCUT2D eigenvalue weighted by Gasteiger charge is -2.11. The van der Waals surface area contributed by atoms with Crippen LogP contribution in [0.5, 0.6) is 0 Å². The third-order valence-corrected chi connectivity index (χ3v) is 2.27. The summed E-state index contributed by atoms with van der Waals surface area (Å²) in [5.41, 5.74) is 0.619. The van der Waals surface area contributed by atoms with Gasteiger partial charge in [-0.3, -0.25) is 0 Å². The van der Waals surface area contributed by atoms with Crippen molar-refractivity contribution in [3.05, 3.63) is 11.1 Å². The molecule has 0 radical (unpaired) electrons. The molecule has 0 fully saturated rings. The fourth-order valence-corrected chi connectivity index (χ4v) is 1.01. The van der Waals surface area contributed by atoms with Gasteiger partial charge in [0.2, 0.25) is 0 Å². The summed E-state index contributed by atoms with van der Waals surface area (Å²) in [6.45, 7) is 11.7. The van der Waals surface area contributed by atoms with Gasteiger partial charge >= 0.3 is 11.9 Å². The van der Waals surface area contributed by atoms with E-state index in [0.717, 1.165) is 0 Å². The standard InChI is InChI=1S/C14H24O4/c1-9(2)7-17-13(15)11(5)12(6)14(16)18-8-10(3)4/h9-10H,7-8H2,1-6H3/b12-11-. The molecule has 0 amide bonds. The molecule has 0 aliphatic rings. The molecule has 0 aliphatic heterocycles. The topological polar surface area (TPSA) is 52.6 Å². The van der Waals surface area contributed by atoms with Gasteiger partial charge in [-0.1, -0.05) is 27.7 Å². The van der Waals surface area contributed by atoms with Gasteiger partial charge in [-0.05, 0) is 25.7 Å². The Labute approximate surface area is 109 Å². The van der Waals surface area contributed by atoms with Gasteiger partial charge in [-0.15, -0.1) is 0 Å². The summed E-state index contributed by atoms with van der Waals surface area (Å²) in [5, 5.41) is 0. The zero-order valence-corrected chi connectivity index (χ0v) is 12.2. The maximum Gasteiger partial charge on any atom is 0.334 e. The monoisotopic (exact) mass is 256 g/mol. The molecule has 0 bridgehead atoms. The first kappa shape index (κ1) is 16.7. The van der Waals surface area contributed by atoms with E-state index in [9.17, 15) is 9.59 Å². The highest BCUT2D eigenvalue weighted by atomic mass is 16.5. The molecular formula is C14H24O4. The normalized spacial score (nSPS) is 12.4. The second kappa shape index (κ2) is 7.90. The van der Waals surface area contributed by atoms with Crippen molar-refractivity contribution in [2.75, 3.05) is 13.2 Å². The van der Waals surface area contributed by atoms with Gasteiger partial charge in [0.15, 0.2) is 0 Å².